The van der Waals surface area contributed by atoms with E-state index in [1.165, 1.54) is 24.0 Å². The molecule has 1 aromatic carbocycles. The maximum Gasteiger partial charge on any atom is 0.315 e. The van der Waals surface area contributed by atoms with Gasteiger partial charge in [0.25, 0.3) is 0 Å². The highest BCUT2D eigenvalue weighted by molar-refractivity contribution is 5.74. The van der Waals surface area contributed by atoms with Crippen LogP contribution in [0.2, 0.25) is 0 Å². The van der Waals surface area contributed by atoms with Crippen molar-refractivity contribution in [2.24, 2.45) is 5.92 Å². The second-order valence-electron chi connectivity index (χ2n) is 7.17. The summed E-state index contributed by atoms with van der Waals surface area (Å²) < 4.78 is 0. The van der Waals surface area contributed by atoms with Crippen molar-refractivity contribution in [2.45, 2.75) is 58.7 Å². The fourth-order valence-electron chi connectivity index (χ4n) is 3.29. The highest BCUT2D eigenvalue weighted by atomic mass is 16.3. The molecular formula is C20H33N3O2. The number of nitrogens with zero attached hydrogens (tertiary/aromatic N) is 1. The average molecular weight is 348 g/mol. The summed E-state index contributed by atoms with van der Waals surface area (Å²) in [6.07, 6.45) is 3.95. The van der Waals surface area contributed by atoms with E-state index in [-0.39, 0.29) is 18.7 Å². The zero-order valence-corrected chi connectivity index (χ0v) is 15.6. The summed E-state index contributed by atoms with van der Waals surface area (Å²) in [5.41, 5.74) is 2.46. The van der Waals surface area contributed by atoms with Gasteiger partial charge in [-0.15, -0.1) is 0 Å². The van der Waals surface area contributed by atoms with Gasteiger partial charge in [-0.2, -0.15) is 0 Å². The molecule has 1 saturated heterocycles. The van der Waals surface area contributed by atoms with Crippen molar-refractivity contribution in [3.05, 3.63) is 35.4 Å². The molecule has 0 radical (unpaired) electrons. The lowest BCUT2D eigenvalue weighted by Crippen LogP contribution is -2.42. The third-order valence-corrected chi connectivity index (χ3v) is 5.13. The van der Waals surface area contributed by atoms with E-state index in [9.17, 15) is 4.79 Å². The second kappa shape index (κ2) is 10.4. The summed E-state index contributed by atoms with van der Waals surface area (Å²) in [5.74, 6) is 0.835. The first-order chi connectivity index (χ1) is 12.1. The van der Waals surface area contributed by atoms with Gasteiger partial charge in [-0.05, 0) is 55.8 Å². The Morgan fingerprint density at radius 1 is 1.28 bits per heavy atom. The number of benzene rings is 1. The van der Waals surface area contributed by atoms with Crippen LogP contribution < -0.4 is 10.6 Å². The first-order valence-electron chi connectivity index (χ1n) is 9.56. The van der Waals surface area contributed by atoms with Crippen molar-refractivity contribution >= 4 is 6.03 Å². The smallest absolute Gasteiger partial charge is 0.315 e. The Hall–Kier alpha value is -1.59. The lowest BCUT2D eigenvalue weighted by atomic mass is 9.98. The van der Waals surface area contributed by atoms with Crippen LogP contribution in [0.25, 0.3) is 0 Å². The molecule has 140 valence electrons. The van der Waals surface area contributed by atoms with Crippen molar-refractivity contribution in [3.8, 4) is 0 Å². The molecule has 0 aliphatic carbocycles. The van der Waals surface area contributed by atoms with Crippen molar-refractivity contribution in [1.82, 2.24) is 15.5 Å². The number of aliphatic hydroxyl groups excluding tert-OH is 1. The Labute approximate surface area is 151 Å². The number of piperidine rings is 1. The molecule has 0 saturated carbocycles. The van der Waals surface area contributed by atoms with E-state index in [1.807, 2.05) is 13.0 Å². The number of urea groups is 1. The summed E-state index contributed by atoms with van der Waals surface area (Å²) in [6.45, 7) is 8.22. The Morgan fingerprint density at radius 3 is 2.60 bits per heavy atom. The van der Waals surface area contributed by atoms with Crippen LogP contribution in [0.15, 0.2) is 24.3 Å². The van der Waals surface area contributed by atoms with Crippen molar-refractivity contribution in [1.29, 1.82) is 0 Å². The topological polar surface area (TPSA) is 64.6 Å². The highest BCUT2D eigenvalue weighted by Crippen LogP contribution is 2.19. The van der Waals surface area contributed by atoms with E-state index < -0.39 is 0 Å². The average Bonchev–Trinajstić information content (AvgIpc) is 2.62. The monoisotopic (exact) mass is 347 g/mol. The zero-order chi connectivity index (χ0) is 18.1. The van der Waals surface area contributed by atoms with E-state index in [0.717, 1.165) is 32.0 Å². The molecule has 1 atom stereocenters. The lowest BCUT2D eigenvalue weighted by Gasteiger charge is -2.30. The molecule has 5 heteroatoms. The van der Waals surface area contributed by atoms with Gasteiger partial charge in [0.1, 0.15) is 0 Å². The Bertz CT molecular complexity index is 527. The summed E-state index contributed by atoms with van der Waals surface area (Å²) in [5, 5.41) is 14.9. The van der Waals surface area contributed by atoms with Crippen LogP contribution in [-0.2, 0) is 13.1 Å². The molecular weight excluding hydrogens is 314 g/mol. The third-order valence-electron chi connectivity index (χ3n) is 5.13. The molecule has 0 spiro atoms. The van der Waals surface area contributed by atoms with Gasteiger partial charge in [0.2, 0.25) is 0 Å². The lowest BCUT2D eigenvalue weighted by molar-refractivity contribution is 0.185. The fourth-order valence-corrected chi connectivity index (χ4v) is 3.29. The largest absolute Gasteiger partial charge is 0.396 e. The number of carbonyl (C=O) groups excluding carboxylic acids is 1. The van der Waals surface area contributed by atoms with E-state index in [1.54, 1.807) is 0 Å². The van der Waals surface area contributed by atoms with Gasteiger partial charge in [0.05, 0.1) is 0 Å². The summed E-state index contributed by atoms with van der Waals surface area (Å²) in [7, 11) is 0. The number of carbonyl (C=O) groups is 1. The Morgan fingerprint density at radius 2 is 1.96 bits per heavy atom. The first kappa shape index (κ1) is 19.7. The highest BCUT2D eigenvalue weighted by Gasteiger charge is 2.17. The molecule has 0 bridgehead atoms. The van der Waals surface area contributed by atoms with Crippen LogP contribution in [0.3, 0.4) is 0 Å². The Balaban J connectivity index is 1.86. The molecule has 3 N–H and O–H groups in total. The number of nitrogens with one attached hydrogen (secondary N) is 2. The van der Waals surface area contributed by atoms with Crippen LogP contribution in [0.5, 0.6) is 0 Å². The minimum Gasteiger partial charge on any atom is -0.396 e. The van der Waals surface area contributed by atoms with E-state index in [0.29, 0.717) is 13.0 Å². The van der Waals surface area contributed by atoms with Crippen LogP contribution in [0.1, 0.15) is 50.7 Å². The van der Waals surface area contributed by atoms with Gasteiger partial charge in [-0.1, -0.05) is 38.1 Å². The fraction of sp³-hybridized carbons (Fsp3) is 0.650. The van der Waals surface area contributed by atoms with Crippen LogP contribution in [-0.4, -0.2) is 41.8 Å². The number of aliphatic hydroxyl groups is 1. The van der Waals surface area contributed by atoms with Crippen molar-refractivity contribution in [3.63, 3.8) is 0 Å². The maximum atomic E-state index is 12.1. The molecule has 25 heavy (non-hydrogen) atoms. The Kier molecular flexibility index (Phi) is 8.22. The van der Waals surface area contributed by atoms with Gasteiger partial charge in [-0.25, -0.2) is 4.79 Å². The number of rotatable bonds is 8. The van der Waals surface area contributed by atoms with E-state index >= 15 is 0 Å². The predicted molar refractivity (Wildman–Crippen MR) is 101 cm³/mol. The molecule has 1 fully saturated rings. The van der Waals surface area contributed by atoms with Crippen LogP contribution in [0, 0.1) is 5.92 Å². The molecule has 2 amide bonds. The summed E-state index contributed by atoms with van der Waals surface area (Å²) in [6, 6.07) is 8.20. The number of likely N-dealkylation sites (tertiary alicyclic amines) is 1. The predicted octanol–water partition coefficient (Wildman–Crippen LogP) is 2.88. The minimum atomic E-state index is -0.165. The maximum absolute atomic E-state index is 12.1. The normalized spacial score (nSPS) is 17.2. The molecule has 1 aromatic rings. The van der Waals surface area contributed by atoms with Gasteiger partial charge in [-0.3, -0.25) is 4.90 Å². The number of hydrogen-bond acceptors (Lipinski definition) is 3. The van der Waals surface area contributed by atoms with Gasteiger partial charge in [0, 0.05) is 25.7 Å². The SMILES string of the molecule is CCC(CCO)NC(=O)NCc1ccccc1CN1CCC(C)CC1. The zero-order valence-electron chi connectivity index (χ0n) is 15.6. The minimum absolute atomic E-state index is 0.0237. The molecule has 1 aliphatic rings. The summed E-state index contributed by atoms with van der Waals surface area (Å²) in [4.78, 5) is 14.6. The summed E-state index contributed by atoms with van der Waals surface area (Å²) >= 11 is 0. The molecule has 1 unspecified atom stereocenters. The third kappa shape index (κ3) is 6.67. The van der Waals surface area contributed by atoms with Crippen molar-refractivity contribution < 1.29 is 9.90 Å². The second-order valence-corrected chi connectivity index (χ2v) is 7.17. The van der Waals surface area contributed by atoms with Gasteiger partial charge < -0.3 is 15.7 Å². The standard InChI is InChI=1S/C20H33N3O2/c1-3-19(10-13-24)22-20(25)21-14-17-6-4-5-7-18(17)15-23-11-8-16(2)9-12-23/h4-7,16,19,24H,3,8-15H2,1-2H3,(H2,21,22,25). The molecule has 5 nitrogen and oxygen atoms in total. The van der Waals surface area contributed by atoms with Crippen molar-refractivity contribution in [2.75, 3.05) is 19.7 Å². The van der Waals surface area contributed by atoms with Crippen LogP contribution in [0.4, 0.5) is 4.79 Å². The molecule has 2 rings (SSSR count). The van der Waals surface area contributed by atoms with E-state index in [4.69, 9.17) is 5.11 Å². The number of hydrogen-bond donors (Lipinski definition) is 3. The van der Waals surface area contributed by atoms with Crippen LogP contribution >= 0.6 is 0 Å². The van der Waals surface area contributed by atoms with Gasteiger partial charge >= 0.3 is 6.03 Å². The molecule has 1 aliphatic heterocycles. The first-order valence-corrected chi connectivity index (χ1v) is 9.56. The molecule has 0 aromatic heterocycles. The quantitative estimate of drug-likeness (QED) is 0.677. The number of amides is 2. The van der Waals surface area contributed by atoms with E-state index in [2.05, 4.69) is 40.7 Å². The molecule has 1 heterocycles. The van der Waals surface area contributed by atoms with Gasteiger partial charge in [0.15, 0.2) is 0 Å².